The minimum atomic E-state index is -1.97. The third-order valence-electron chi connectivity index (χ3n) is 13.1. The van der Waals surface area contributed by atoms with Gasteiger partial charge in [-0.25, -0.2) is 0 Å². The summed E-state index contributed by atoms with van der Waals surface area (Å²) in [5.41, 5.74) is 0. The van der Waals surface area contributed by atoms with Gasteiger partial charge in [0.15, 0.2) is 18.9 Å². The van der Waals surface area contributed by atoms with Gasteiger partial charge in [0.1, 0.15) is 73.2 Å². The van der Waals surface area contributed by atoms with Crippen LogP contribution in [0.2, 0.25) is 0 Å². The third-order valence-corrected chi connectivity index (χ3v) is 13.1. The van der Waals surface area contributed by atoms with Gasteiger partial charge in [0.25, 0.3) is 0 Å². The fourth-order valence-corrected chi connectivity index (χ4v) is 8.78. The average Bonchev–Trinajstić information content (AvgIpc) is 3.32. The fraction of sp³-hybridized carbons (Fsp3) is 0.938. The van der Waals surface area contributed by atoms with E-state index in [0.29, 0.717) is 12.8 Å². The van der Waals surface area contributed by atoms with Gasteiger partial charge < -0.3 is 89.9 Å². The van der Waals surface area contributed by atoms with Crippen LogP contribution in [-0.4, -0.2) is 193 Å². The Morgan fingerprint density at radius 3 is 1.45 bits per heavy atom. The number of amides is 1. The molecule has 19 nitrogen and oxygen atoms in total. The summed E-state index contributed by atoms with van der Waals surface area (Å²) < 4.78 is 34.0. The number of aliphatic hydroxyl groups is 11. The summed E-state index contributed by atoms with van der Waals surface area (Å²) in [6, 6.07) is -0.883. The fourth-order valence-electron chi connectivity index (χ4n) is 8.78. The second-order valence-electron chi connectivity index (χ2n) is 18.6. The van der Waals surface area contributed by atoms with Crippen LogP contribution >= 0.6 is 0 Å². The molecular formula is C48H89NO18. The van der Waals surface area contributed by atoms with Gasteiger partial charge >= 0.3 is 0 Å². The van der Waals surface area contributed by atoms with Crippen molar-refractivity contribution in [3.05, 3.63) is 12.2 Å². The van der Waals surface area contributed by atoms with E-state index in [0.717, 1.165) is 77.0 Å². The van der Waals surface area contributed by atoms with Gasteiger partial charge in [0.2, 0.25) is 5.91 Å². The van der Waals surface area contributed by atoms with Crippen molar-refractivity contribution in [1.29, 1.82) is 0 Å². The van der Waals surface area contributed by atoms with Crippen molar-refractivity contribution in [3.63, 3.8) is 0 Å². The lowest BCUT2D eigenvalue weighted by atomic mass is 9.96. The Labute approximate surface area is 397 Å². The van der Waals surface area contributed by atoms with E-state index in [1.807, 2.05) is 0 Å². The predicted molar refractivity (Wildman–Crippen MR) is 245 cm³/mol. The Bertz CT molecular complexity index is 1300. The van der Waals surface area contributed by atoms with E-state index in [2.05, 4.69) is 31.3 Å². The lowest BCUT2D eigenvalue weighted by Gasteiger charge is -2.48. The van der Waals surface area contributed by atoms with E-state index < -0.39 is 124 Å². The van der Waals surface area contributed by atoms with Crippen molar-refractivity contribution in [2.45, 2.75) is 259 Å². The molecule has 0 aromatic carbocycles. The van der Waals surface area contributed by atoms with Gasteiger partial charge in [0, 0.05) is 6.42 Å². The number of carbonyl (C=O) groups is 1. The number of hydrogen-bond acceptors (Lipinski definition) is 18. The molecule has 0 aromatic heterocycles. The molecule has 3 aliphatic heterocycles. The van der Waals surface area contributed by atoms with Crippen molar-refractivity contribution in [1.82, 2.24) is 5.32 Å². The first-order chi connectivity index (χ1) is 32.3. The molecule has 0 spiro atoms. The van der Waals surface area contributed by atoms with Gasteiger partial charge in [-0.15, -0.1) is 0 Å². The monoisotopic (exact) mass is 968 g/mol. The largest absolute Gasteiger partial charge is 0.394 e. The summed E-state index contributed by atoms with van der Waals surface area (Å²) in [6.45, 7) is 1.66. The highest BCUT2D eigenvalue weighted by Gasteiger charge is 2.53. The Balaban J connectivity index is 1.51. The van der Waals surface area contributed by atoms with Crippen LogP contribution in [0.3, 0.4) is 0 Å². The SMILES string of the molecule is CCCCCCCCC/C=C\CCCCCCCC(=O)NC(COC1OC(CO)C(OC2OC(CO)C(OC3OC(CO)C(O)C(O)C3O)C(O)C2O)C(O)C1O)C(O)CCCCCCCC. The second kappa shape index (κ2) is 34.0. The molecule has 3 saturated heterocycles. The smallest absolute Gasteiger partial charge is 0.220 e. The molecule has 394 valence electrons. The molecule has 12 N–H and O–H groups in total. The Kier molecular flexibility index (Phi) is 30.4. The van der Waals surface area contributed by atoms with Crippen LogP contribution in [0.5, 0.6) is 0 Å². The maximum atomic E-state index is 13.2. The number of hydrogen-bond donors (Lipinski definition) is 12. The summed E-state index contributed by atoms with van der Waals surface area (Å²) in [7, 11) is 0. The number of rotatable bonds is 35. The number of carbonyl (C=O) groups excluding carboxylic acids is 1. The van der Waals surface area contributed by atoms with Gasteiger partial charge in [-0.05, 0) is 38.5 Å². The second-order valence-corrected chi connectivity index (χ2v) is 18.6. The topological polar surface area (TPSA) is 307 Å². The zero-order valence-electron chi connectivity index (χ0n) is 40.1. The number of nitrogens with one attached hydrogen (secondary N) is 1. The van der Waals surface area contributed by atoms with Crippen LogP contribution in [-0.2, 0) is 33.2 Å². The third kappa shape index (κ3) is 20.3. The normalized spacial score (nSPS) is 33.5. The molecule has 3 heterocycles. The molecule has 67 heavy (non-hydrogen) atoms. The van der Waals surface area contributed by atoms with E-state index in [1.54, 1.807) is 0 Å². The number of unbranched alkanes of at least 4 members (excludes halogenated alkanes) is 17. The van der Waals surface area contributed by atoms with Crippen LogP contribution < -0.4 is 5.32 Å². The van der Waals surface area contributed by atoms with Crippen molar-refractivity contribution in [2.24, 2.45) is 0 Å². The van der Waals surface area contributed by atoms with E-state index in [-0.39, 0.29) is 18.9 Å². The molecule has 3 fully saturated rings. The average molecular weight is 968 g/mol. The van der Waals surface area contributed by atoms with Crippen molar-refractivity contribution >= 4 is 5.91 Å². The Morgan fingerprint density at radius 1 is 0.522 bits per heavy atom. The molecule has 0 radical (unpaired) electrons. The first kappa shape index (κ1) is 59.8. The molecule has 17 unspecified atom stereocenters. The quantitative estimate of drug-likeness (QED) is 0.0316. The molecule has 0 aromatic rings. The van der Waals surface area contributed by atoms with Gasteiger partial charge in [0.05, 0.1) is 38.6 Å². The van der Waals surface area contributed by atoms with E-state index in [1.165, 1.54) is 44.9 Å². The molecular weight excluding hydrogens is 879 g/mol. The molecule has 0 bridgehead atoms. The number of aliphatic hydroxyl groups excluding tert-OH is 11. The van der Waals surface area contributed by atoms with E-state index in [4.69, 9.17) is 28.4 Å². The van der Waals surface area contributed by atoms with Crippen molar-refractivity contribution < 1.29 is 89.4 Å². The van der Waals surface area contributed by atoms with Crippen LogP contribution in [0.25, 0.3) is 0 Å². The predicted octanol–water partition coefficient (Wildman–Crippen LogP) is 1.48. The summed E-state index contributed by atoms with van der Waals surface area (Å²) in [6.07, 6.45) is 0.843. The van der Waals surface area contributed by atoms with Crippen LogP contribution in [0.1, 0.15) is 155 Å². The highest BCUT2D eigenvalue weighted by Crippen LogP contribution is 2.33. The zero-order valence-corrected chi connectivity index (χ0v) is 40.1. The maximum absolute atomic E-state index is 13.2. The summed E-state index contributed by atoms with van der Waals surface area (Å²) in [5.74, 6) is -0.258. The van der Waals surface area contributed by atoms with Gasteiger partial charge in [-0.3, -0.25) is 4.79 Å². The minimum absolute atomic E-state index is 0.257. The highest BCUT2D eigenvalue weighted by molar-refractivity contribution is 5.76. The molecule has 3 aliphatic rings. The molecule has 3 rings (SSSR count). The van der Waals surface area contributed by atoms with Crippen molar-refractivity contribution in [3.8, 4) is 0 Å². The summed E-state index contributed by atoms with van der Waals surface area (Å²) >= 11 is 0. The molecule has 1 amide bonds. The molecule has 0 aliphatic carbocycles. The number of allylic oxidation sites excluding steroid dienone is 2. The lowest BCUT2D eigenvalue weighted by molar-refractivity contribution is -0.379. The molecule has 19 heteroatoms. The first-order valence-electron chi connectivity index (χ1n) is 25.4. The van der Waals surface area contributed by atoms with Crippen molar-refractivity contribution in [2.75, 3.05) is 26.4 Å². The Morgan fingerprint density at radius 2 is 0.940 bits per heavy atom. The van der Waals surface area contributed by atoms with Crippen LogP contribution in [0, 0.1) is 0 Å². The van der Waals surface area contributed by atoms with Gasteiger partial charge in [-0.2, -0.15) is 0 Å². The lowest BCUT2D eigenvalue weighted by Crippen LogP contribution is -2.66. The van der Waals surface area contributed by atoms with E-state index in [9.17, 15) is 61.0 Å². The summed E-state index contributed by atoms with van der Waals surface area (Å²) in [5, 5.41) is 119. The zero-order chi connectivity index (χ0) is 49.1. The van der Waals surface area contributed by atoms with Gasteiger partial charge in [-0.1, -0.05) is 122 Å². The highest BCUT2D eigenvalue weighted by atomic mass is 16.8. The molecule has 17 atom stereocenters. The standard InChI is InChI=1S/C48H89NO18/c1-3-5-7-9-11-12-13-14-15-16-17-18-19-20-22-24-26-36(54)49-31(32(53)25-23-21-10-8-6-4-2)30-62-46-42(60)39(57)44(34(28-51)64-46)67-48-43(61)40(58)45(35(29-52)65-48)66-47-41(59)38(56)37(55)33(27-50)63-47/h15-16,31-35,37-48,50-53,55-61H,3-14,17-30H2,1-2H3,(H,49,54)/b16-15-. The Hall–Kier alpha value is -1.47. The van der Waals surface area contributed by atoms with E-state index >= 15 is 0 Å². The van der Waals surface area contributed by atoms with Crippen LogP contribution in [0.4, 0.5) is 0 Å². The first-order valence-corrected chi connectivity index (χ1v) is 25.4. The van der Waals surface area contributed by atoms with Crippen LogP contribution in [0.15, 0.2) is 12.2 Å². The molecule has 0 saturated carbocycles. The minimum Gasteiger partial charge on any atom is -0.394 e. The number of ether oxygens (including phenoxy) is 6. The summed E-state index contributed by atoms with van der Waals surface area (Å²) in [4.78, 5) is 13.2. The maximum Gasteiger partial charge on any atom is 0.220 e.